The number of halogens is 2. The molecule has 0 amide bonds. The first-order valence-corrected chi connectivity index (χ1v) is 6.23. The number of methoxy groups -OCH3 is 1. The lowest BCUT2D eigenvalue weighted by Crippen LogP contribution is -1.95. The third-order valence-corrected chi connectivity index (χ3v) is 3.15. The van der Waals surface area contributed by atoms with Crippen LogP contribution in [-0.4, -0.2) is 7.11 Å². The van der Waals surface area contributed by atoms with Crippen LogP contribution in [0.4, 0.5) is 15.8 Å². The fraction of sp³-hybridized carbons (Fsp3) is 0.0714. The second-order valence-electron chi connectivity index (χ2n) is 3.78. The molecule has 0 radical (unpaired) electrons. The Morgan fingerprint density at radius 1 is 1.26 bits per heavy atom. The van der Waals surface area contributed by atoms with E-state index in [1.165, 1.54) is 18.2 Å². The number of hydrogen-bond acceptors (Lipinski definition) is 3. The second kappa shape index (κ2) is 5.72. The van der Waals surface area contributed by atoms with Gasteiger partial charge in [0, 0.05) is 5.69 Å². The van der Waals surface area contributed by atoms with Crippen molar-refractivity contribution in [2.24, 2.45) is 0 Å². The zero-order valence-electron chi connectivity index (χ0n) is 10.1. The summed E-state index contributed by atoms with van der Waals surface area (Å²) in [7, 11) is 1.58. The van der Waals surface area contributed by atoms with Gasteiger partial charge in [-0.1, -0.05) is 0 Å². The lowest BCUT2D eigenvalue weighted by atomic mass is 10.2. The zero-order valence-corrected chi connectivity index (χ0v) is 11.7. The highest BCUT2D eigenvalue weighted by Crippen LogP contribution is 2.30. The molecule has 5 heteroatoms. The Morgan fingerprint density at radius 2 is 2.05 bits per heavy atom. The van der Waals surface area contributed by atoms with E-state index in [9.17, 15) is 4.39 Å². The molecule has 0 spiro atoms. The van der Waals surface area contributed by atoms with Crippen molar-refractivity contribution in [3.8, 4) is 11.8 Å². The molecule has 0 saturated heterocycles. The first-order chi connectivity index (χ1) is 9.13. The largest absolute Gasteiger partial charge is 0.496 e. The van der Waals surface area contributed by atoms with Crippen LogP contribution in [0.5, 0.6) is 5.75 Å². The maximum absolute atomic E-state index is 13.0. The van der Waals surface area contributed by atoms with Gasteiger partial charge in [-0.25, -0.2) is 4.39 Å². The number of nitrogens with one attached hydrogen (secondary N) is 1. The molecule has 0 aliphatic heterocycles. The number of nitriles is 1. The standard InChI is InChI=1S/C14H10BrFN2O/c1-19-14-5-3-11(7-12(14)15)18-13-4-2-10(16)6-9(13)8-17/h2-7,18H,1H3. The Bertz CT molecular complexity index is 652. The number of anilines is 2. The van der Waals surface area contributed by atoms with Crippen molar-refractivity contribution < 1.29 is 9.13 Å². The topological polar surface area (TPSA) is 45.0 Å². The van der Waals surface area contributed by atoms with Gasteiger partial charge in [-0.3, -0.25) is 0 Å². The summed E-state index contributed by atoms with van der Waals surface area (Å²) < 4.78 is 19.0. The lowest BCUT2D eigenvalue weighted by Gasteiger charge is -2.10. The molecule has 0 unspecified atom stereocenters. The van der Waals surface area contributed by atoms with Gasteiger partial charge >= 0.3 is 0 Å². The van der Waals surface area contributed by atoms with Crippen molar-refractivity contribution in [2.75, 3.05) is 12.4 Å². The van der Waals surface area contributed by atoms with Crippen LogP contribution < -0.4 is 10.1 Å². The van der Waals surface area contributed by atoms with Crippen LogP contribution in [0.3, 0.4) is 0 Å². The van der Waals surface area contributed by atoms with E-state index in [4.69, 9.17) is 10.00 Å². The SMILES string of the molecule is COc1ccc(Nc2ccc(F)cc2C#N)cc1Br. The predicted octanol–water partition coefficient (Wildman–Crippen LogP) is 4.21. The summed E-state index contributed by atoms with van der Waals surface area (Å²) in [4.78, 5) is 0. The minimum Gasteiger partial charge on any atom is -0.496 e. The van der Waals surface area contributed by atoms with Gasteiger partial charge < -0.3 is 10.1 Å². The maximum Gasteiger partial charge on any atom is 0.133 e. The summed E-state index contributed by atoms with van der Waals surface area (Å²) in [5.41, 5.74) is 1.59. The molecule has 0 aliphatic carbocycles. The number of hydrogen-bond donors (Lipinski definition) is 1. The van der Waals surface area contributed by atoms with Crippen LogP contribution in [0.2, 0.25) is 0 Å². The van der Waals surface area contributed by atoms with Gasteiger partial charge in [-0.2, -0.15) is 5.26 Å². The maximum atomic E-state index is 13.0. The Labute approximate surface area is 118 Å². The fourth-order valence-corrected chi connectivity index (χ4v) is 2.16. The number of nitrogens with zero attached hydrogens (tertiary/aromatic N) is 1. The summed E-state index contributed by atoms with van der Waals surface area (Å²) in [5.74, 6) is 0.281. The van der Waals surface area contributed by atoms with E-state index in [0.29, 0.717) is 11.4 Å². The normalized spacial score (nSPS) is 9.79. The van der Waals surface area contributed by atoms with E-state index in [1.807, 2.05) is 18.2 Å². The monoisotopic (exact) mass is 320 g/mol. The van der Waals surface area contributed by atoms with E-state index < -0.39 is 5.82 Å². The Morgan fingerprint density at radius 3 is 2.68 bits per heavy atom. The molecule has 0 aliphatic rings. The van der Waals surface area contributed by atoms with Gasteiger partial charge in [0.1, 0.15) is 17.6 Å². The van der Waals surface area contributed by atoms with E-state index in [-0.39, 0.29) is 5.56 Å². The summed E-state index contributed by atoms with van der Waals surface area (Å²) in [6.45, 7) is 0. The third kappa shape index (κ3) is 3.04. The van der Waals surface area contributed by atoms with Crippen molar-refractivity contribution >= 4 is 27.3 Å². The summed E-state index contributed by atoms with van der Waals surface area (Å²) in [6, 6.07) is 11.4. The Balaban J connectivity index is 2.31. The molecule has 96 valence electrons. The van der Waals surface area contributed by atoms with E-state index >= 15 is 0 Å². The van der Waals surface area contributed by atoms with Crippen molar-refractivity contribution in [2.45, 2.75) is 0 Å². The highest BCUT2D eigenvalue weighted by Gasteiger charge is 2.06. The predicted molar refractivity (Wildman–Crippen MR) is 75.1 cm³/mol. The highest BCUT2D eigenvalue weighted by atomic mass is 79.9. The first kappa shape index (κ1) is 13.4. The summed E-state index contributed by atoms with van der Waals surface area (Å²) in [6.07, 6.45) is 0. The van der Waals surface area contributed by atoms with E-state index in [2.05, 4.69) is 21.2 Å². The number of ether oxygens (including phenoxy) is 1. The van der Waals surface area contributed by atoms with Crippen LogP contribution in [0.25, 0.3) is 0 Å². The molecule has 0 fully saturated rings. The minimum absolute atomic E-state index is 0.256. The lowest BCUT2D eigenvalue weighted by molar-refractivity contribution is 0.412. The molecule has 0 atom stereocenters. The van der Waals surface area contributed by atoms with E-state index in [0.717, 1.165) is 10.2 Å². The van der Waals surface area contributed by atoms with Gasteiger partial charge in [0.25, 0.3) is 0 Å². The molecule has 1 N–H and O–H groups in total. The smallest absolute Gasteiger partial charge is 0.133 e. The summed E-state index contributed by atoms with van der Waals surface area (Å²) >= 11 is 3.38. The molecule has 3 nitrogen and oxygen atoms in total. The van der Waals surface area contributed by atoms with Gasteiger partial charge in [0.15, 0.2) is 0 Å². The molecular weight excluding hydrogens is 311 g/mol. The number of benzene rings is 2. The van der Waals surface area contributed by atoms with Crippen molar-refractivity contribution in [1.82, 2.24) is 0 Å². The summed E-state index contributed by atoms with van der Waals surface area (Å²) in [5, 5.41) is 12.0. The van der Waals surface area contributed by atoms with Crippen molar-refractivity contribution in [1.29, 1.82) is 5.26 Å². The van der Waals surface area contributed by atoms with Gasteiger partial charge in [-0.05, 0) is 52.3 Å². The Hall–Kier alpha value is -2.06. The molecule has 0 saturated carbocycles. The highest BCUT2D eigenvalue weighted by molar-refractivity contribution is 9.10. The molecule has 19 heavy (non-hydrogen) atoms. The van der Waals surface area contributed by atoms with Crippen LogP contribution in [0, 0.1) is 17.1 Å². The van der Waals surface area contributed by atoms with Gasteiger partial charge in [0.05, 0.1) is 22.8 Å². The molecular formula is C14H10BrFN2O. The van der Waals surface area contributed by atoms with Crippen LogP contribution in [0.1, 0.15) is 5.56 Å². The first-order valence-electron chi connectivity index (χ1n) is 5.44. The zero-order chi connectivity index (χ0) is 13.8. The van der Waals surface area contributed by atoms with Gasteiger partial charge in [0.2, 0.25) is 0 Å². The van der Waals surface area contributed by atoms with E-state index in [1.54, 1.807) is 13.2 Å². The molecule has 0 heterocycles. The average Bonchev–Trinajstić information content (AvgIpc) is 2.41. The molecule has 0 aromatic heterocycles. The molecule has 2 aromatic carbocycles. The molecule has 0 bridgehead atoms. The quantitative estimate of drug-likeness (QED) is 0.921. The van der Waals surface area contributed by atoms with Crippen molar-refractivity contribution in [3.63, 3.8) is 0 Å². The third-order valence-electron chi connectivity index (χ3n) is 2.53. The van der Waals surface area contributed by atoms with Crippen molar-refractivity contribution in [3.05, 3.63) is 52.3 Å². The number of rotatable bonds is 3. The fourth-order valence-electron chi connectivity index (χ4n) is 1.62. The average molecular weight is 321 g/mol. The molecule has 2 rings (SSSR count). The Kier molecular flexibility index (Phi) is 4.03. The van der Waals surface area contributed by atoms with Crippen LogP contribution >= 0.6 is 15.9 Å². The van der Waals surface area contributed by atoms with Gasteiger partial charge in [-0.15, -0.1) is 0 Å². The van der Waals surface area contributed by atoms with Crippen LogP contribution in [-0.2, 0) is 0 Å². The second-order valence-corrected chi connectivity index (χ2v) is 4.63. The van der Waals surface area contributed by atoms with Crippen LogP contribution in [0.15, 0.2) is 40.9 Å². The minimum atomic E-state index is -0.432. The molecule has 2 aromatic rings.